The summed E-state index contributed by atoms with van der Waals surface area (Å²) in [6, 6.07) is 0.508. The van der Waals surface area contributed by atoms with Crippen LogP contribution in [0.25, 0.3) is 0 Å². The molecule has 0 bridgehead atoms. The maximum absolute atomic E-state index is 11.8. The number of hydrogen-bond acceptors (Lipinski definition) is 3. The van der Waals surface area contributed by atoms with E-state index in [-0.39, 0.29) is 11.9 Å². The minimum Gasteiger partial charge on any atom is -0.383 e. The molecule has 4 heteroatoms. The lowest BCUT2D eigenvalue weighted by molar-refractivity contribution is -0.121. The number of hydrogen-bond donors (Lipinski definition) is 2. The second-order valence-corrected chi connectivity index (χ2v) is 5.85. The van der Waals surface area contributed by atoms with E-state index in [1.54, 1.807) is 7.11 Å². The van der Waals surface area contributed by atoms with Gasteiger partial charge in [0.15, 0.2) is 0 Å². The summed E-state index contributed by atoms with van der Waals surface area (Å²) in [6.45, 7) is 5.13. The second-order valence-electron chi connectivity index (χ2n) is 5.85. The van der Waals surface area contributed by atoms with Gasteiger partial charge in [-0.15, -0.1) is 0 Å². The summed E-state index contributed by atoms with van der Waals surface area (Å²) in [5.74, 6) is 0.789. The van der Waals surface area contributed by atoms with Crippen molar-refractivity contribution < 1.29 is 9.53 Å². The van der Waals surface area contributed by atoms with Crippen LogP contribution in [0.4, 0.5) is 0 Å². The van der Waals surface area contributed by atoms with Crippen molar-refractivity contribution in [3.05, 3.63) is 0 Å². The Balaban J connectivity index is 2.20. The van der Waals surface area contributed by atoms with Crippen LogP contribution in [0.2, 0.25) is 0 Å². The zero-order valence-corrected chi connectivity index (χ0v) is 12.7. The fraction of sp³-hybridized carbons (Fsp3) is 0.933. The highest BCUT2D eigenvalue weighted by atomic mass is 16.5. The fourth-order valence-electron chi connectivity index (χ4n) is 2.85. The Morgan fingerprint density at radius 2 is 1.84 bits per heavy atom. The zero-order valence-electron chi connectivity index (χ0n) is 12.7. The quantitative estimate of drug-likeness (QED) is 0.696. The van der Waals surface area contributed by atoms with Crippen LogP contribution in [0.15, 0.2) is 0 Å². The first-order valence-corrected chi connectivity index (χ1v) is 7.65. The van der Waals surface area contributed by atoms with Gasteiger partial charge >= 0.3 is 0 Å². The van der Waals surface area contributed by atoms with E-state index in [2.05, 4.69) is 17.6 Å². The summed E-state index contributed by atoms with van der Waals surface area (Å²) in [6.07, 6.45) is 8.03. The molecule has 1 fully saturated rings. The molecule has 1 saturated carbocycles. The Kier molecular flexibility index (Phi) is 8.07. The van der Waals surface area contributed by atoms with E-state index >= 15 is 0 Å². The summed E-state index contributed by atoms with van der Waals surface area (Å²) in [4.78, 5) is 11.8. The summed E-state index contributed by atoms with van der Waals surface area (Å²) in [7, 11) is 1.65. The van der Waals surface area contributed by atoms with E-state index in [1.807, 2.05) is 6.92 Å². The van der Waals surface area contributed by atoms with Gasteiger partial charge in [0.1, 0.15) is 0 Å². The molecule has 0 radical (unpaired) electrons. The third-order valence-electron chi connectivity index (χ3n) is 4.02. The highest BCUT2D eigenvalue weighted by molar-refractivity contribution is 5.78. The maximum atomic E-state index is 11.8. The molecular weight excluding hydrogens is 240 g/mol. The topological polar surface area (TPSA) is 50.4 Å². The van der Waals surface area contributed by atoms with E-state index in [0.29, 0.717) is 19.2 Å². The third kappa shape index (κ3) is 6.92. The summed E-state index contributed by atoms with van der Waals surface area (Å²) < 4.78 is 5.00. The Bertz CT molecular complexity index is 251. The van der Waals surface area contributed by atoms with Crippen molar-refractivity contribution in [1.82, 2.24) is 10.6 Å². The lowest BCUT2D eigenvalue weighted by Gasteiger charge is -2.23. The molecule has 0 aromatic heterocycles. The van der Waals surface area contributed by atoms with Gasteiger partial charge in [-0.25, -0.2) is 0 Å². The number of carbonyl (C=O) groups excluding carboxylic acids is 1. The smallest absolute Gasteiger partial charge is 0.234 e. The van der Waals surface area contributed by atoms with Gasteiger partial charge in [0.25, 0.3) is 0 Å². The summed E-state index contributed by atoms with van der Waals surface area (Å²) >= 11 is 0. The molecule has 0 spiro atoms. The molecule has 4 nitrogen and oxygen atoms in total. The van der Waals surface area contributed by atoms with Crippen molar-refractivity contribution in [2.75, 3.05) is 20.3 Å². The molecule has 2 atom stereocenters. The van der Waals surface area contributed by atoms with Gasteiger partial charge in [0, 0.05) is 19.2 Å². The highest BCUT2D eigenvalue weighted by Crippen LogP contribution is 2.25. The summed E-state index contributed by atoms with van der Waals surface area (Å²) in [5, 5.41) is 6.30. The van der Waals surface area contributed by atoms with Crippen LogP contribution in [0.3, 0.4) is 0 Å². The Morgan fingerprint density at radius 1 is 1.21 bits per heavy atom. The van der Waals surface area contributed by atoms with E-state index < -0.39 is 0 Å². The summed E-state index contributed by atoms with van der Waals surface area (Å²) in [5.41, 5.74) is 0. The minimum absolute atomic E-state index is 0.0602. The van der Waals surface area contributed by atoms with Crippen LogP contribution < -0.4 is 10.6 Å². The van der Waals surface area contributed by atoms with Gasteiger partial charge in [-0.05, 0) is 32.6 Å². The Labute approximate surface area is 117 Å². The second kappa shape index (κ2) is 9.32. The third-order valence-corrected chi connectivity index (χ3v) is 4.02. The van der Waals surface area contributed by atoms with Crippen molar-refractivity contribution in [3.63, 3.8) is 0 Å². The van der Waals surface area contributed by atoms with Crippen LogP contribution in [-0.4, -0.2) is 38.3 Å². The first kappa shape index (κ1) is 16.4. The molecular formula is C15H30N2O2. The van der Waals surface area contributed by atoms with Crippen LogP contribution in [0, 0.1) is 5.92 Å². The normalized spacial score (nSPS) is 20.6. The van der Waals surface area contributed by atoms with E-state index in [9.17, 15) is 4.79 Å². The number of amides is 1. The van der Waals surface area contributed by atoms with Crippen molar-refractivity contribution in [2.24, 2.45) is 5.92 Å². The van der Waals surface area contributed by atoms with Crippen LogP contribution in [0.1, 0.15) is 52.4 Å². The number of carbonyl (C=O) groups is 1. The van der Waals surface area contributed by atoms with Crippen molar-refractivity contribution >= 4 is 5.91 Å². The van der Waals surface area contributed by atoms with E-state index in [1.165, 1.54) is 38.5 Å². The number of ether oxygens (including phenoxy) is 1. The molecule has 1 aliphatic carbocycles. The largest absolute Gasteiger partial charge is 0.383 e. The van der Waals surface area contributed by atoms with Gasteiger partial charge in [0.05, 0.1) is 13.2 Å². The maximum Gasteiger partial charge on any atom is 0.234 e. The SMILES string of the molecule is COCC(C)NC(=O)CN[C@@H](C)C1CCCCCC1. The molecule has 112 valence electrons. The molecule has 0 aromatic carbocycles. The van der Waals surface area contributed by atoms with E-state index in [4.69, 9.17) is 4.74 Å². The van der Waals surface area contributed by atoms with Crippen LogP contribution in [-0.2, 0) is 9.53 Å². The Hall–Kier alpha value is -0.610. The molecule has 2 N–H and O–H groups in total. The molecule has 19 heavy (non-hydrogen) atoms. The average molecular weight is 270 g/mol. The van der Waals surface area contributed by atoms with Crippen molar-refractivity contribution in [1.29, 1.82) is 0 Å². The van der Waals surface area contributed by atoms with E-state index in [0.717, 1.165) is 5.92 Å². The van der Waals surface area contributed by atoms with Crippen LogP contribution in [0.5, 0.6) is 0 Å². The molecule has 1 amide bonds. The Morgan fingerprint density at radius 3 is 2.42 bits per heavy atom. The van der Waals surface area contributed by atoms with Crippen LogP contribution >= 0.6 is 0 Å². The van der Waals surface area contributed by atoms with Gasteiger partial charge in [-0.1, -0.05) is 25.7 Å². The molecule has 0 heterocycles. The monoisotopic (exact) mass is 270 g/mol. The van der Waals surface area contributed by atoms with Gasteiger partial charge < -0.3 is 15.4 Å². The zero-order chi connectivity index (χ0) is 14.1. The van der Waals surface area contributed by atoms with Gasteiger partial charge in [-0.2, -0.15) is 0 Å². The van der Waals surface area contributed by atoms with Crippen molar-refractivity contribution in [2.45, 2.75) is 64.5 Å². The van der Waals surface area contributed by atoms with Gasteiger partial charge in [0.2, 0.25) is 5.91 Å². The van der Waals surface area contributed by atoms with Crippen molar-refractivity contribution in [3.8, 4) is 0 Å². The molecule has 1 rings (SSSR count). The fourth-order valence-corrected chi connectivity index (χ4v) is 2.85. The number of methoxy groups -OCH3 is 1. The number of rotatable bonds is 7. The minimum atomic E-state index is 0.0602. The molecule has 0 saturated heterocycles. The lowest BCUT2D eigenvalue weighted by atomic mass is 9.93. The predicted molar refractivity (Wildman–Crippen MR) is 78.1 cm³/mol. The highest BCUT2D eigenvalue weighted by Gasteiger charge is 2.19. The lowest BCUT2D eigenvalue weighted by Crippen LogP contribution is -2.44. The predicted octanol–water partition coefficient (Wildman–Crippen LogP) is 2.09. The average Bonchev–Trinajstić information content (AvgIpc) is 2.65. The van der Waals surface area contributed by atoms with Gasteiger partial charge in [-0.3, -0.25) is 4.79 Å². The first-order chi connectivity index (χ1) is 9.13. The molecule has 0 aromatic rings. The molecule has 1 unspecified atom stereocenters. The molecule has 0 aliphatic heterocycles. The standard InChI is InChI=1S/C15H30N2O2/c1-12(11-19-3)17-15(18)10-16-13(2)14-8-6-4-5-7-9-14/h12-14,16H,4-11H2,1-3H3,(H,17,18)/t12?,13-/m0/s1. The first-order valence-electron chi connectivity index (χ1n) is 7.65. The molecule has 1 aliphatic rings. The number of nitrogens with one attached hydrogen (secondary N) is 2.